The van der Waals surface area contributed by atoms with Crippen LogP contribution in [0.1, 0.15) is 71.9 Å². The van der Waals surface area contributed by atoms with Crippen LogP contribution in [0.25, 0.3) is 21.5 Å². The van der Waals surface area contributed by atoms with Crippen molar-refractivity contribution in [2.75, 3.05) is 0 Å². The summed E-state index contributed by atoms with van der Waals surface area (Å²) in [7, 11) is 0. The Morgan fingerprint density at radius 1 is 0.762 bits per heavy atom. The van der Waals surface area contributed by atoms with Crippen LogP contribution < -0.4 is 0 Å². The molecule has 0 heterocycles. The Bertz CT molecular complexity index is 1220. The van der Waals surface area contributed by atoms with Crippen LogP contribution in [0.5, 0.6) is 0 Å². The van der Waals surface area contributed by atoms with Crippen LogP contribution in [0.4, 0.5) is 0 Å². The molecule has 228 valence electrons. The van der Waals surface area contributed by atoms with E-state index in [0.717, 1.165) is 12.8 Å². The SMILES string of the molecule is C=CCCC[CH2-].CC(C)(C)c1ccc2c(c1)[cH-]c1cc(C(C)(C)C)ccc12.Cl.Cl.[CH2]=[Zr].[c-]1ccccc1.c1cc[cH-]c1. The van der Waals surface area contributed by atoms with Crippen LogP contribution >= 0.6 is 24.8 Å². The molecule has 0 fully saturated rings. The van der Waals surface area contributed by atoms with E-state index < -0.39 is 0 Å². The van der Waals surface area contributed by atoms with Gasteiger partial charge < -0.3 is 6.92 Å². The van der Waals surface area contributed by atoms with Gasteiger partial charge in [0.05, 0.1) is 0 Å². The molecule has 0 N–H and O–H groups in total. The Balaban J connectivity index is 0. The summed E-state index contributed by atoms with van der Waals surface area (Å²) >= 11 is 1.30. The summed E-state index contributed by atoms with van der Waals surface area (Å²) in [5, 5.41) is 5.48. The minimum atomic E-state index is 0. The molecule has 0 aliphatic rings. The number of allylic oxidation sites excluding steroid dienone is 1. The first kappa shape index (κ1) is 42.1. The molecule has 0 bridgehead atoms. The summed E-state index contributed by atoms with van der Waals surface area (Å²) in [4.78, 5) is 0. The molecular formula is C39H50Cl2Zr-4. The van der Waals surface area contributed by atoms with Crippen molar-refractivity contribution >= 4 is 50.6 Å². The zero-order chi connectivity index (χ0) is 30.0. The van der Waals surface area contributed by atoms with Gasteiger partial charge in [0, 0.05) is 0 Å². The Hall–Kier alpha value is -2.05. The van der Waals surface area contributed by atoms with Crippen LogP contribution in [0.3, 0.4) is 0 Å². The summed E-state index contributed by atoms with van der Waals surface area (Å²) in [5.74, 6) is 0. The van der Waals surface area contributed by atoms with Crippen LogP contribution in [-0.2, 0) is 35.1 Å². The molecule has 0 aliphatic carbocycles. The summed E-state index contributed by atoms with van der Waals surface area (Å²) in [6, 6.07) is 38.7. The van der Waals surface area contributed by atoms with E-state index >= 15 is 0 Å². The summed E-state index contributed by atoms with van der Waals surface area (Å²) in [6.45, 7) is 20.9. The average Bonchev–Trinajstić information content (AvgIpc) is 3.65. The topological polar surface area (TPSA) is 0 Å². The minimum Gasteiger partial charge on any atom is -0.214 e. The average molecular weight is 681 g/mol. The summed E-state index contributed by atoms with van der Waals surface area (Å²) in [6.07, 6.45) is 5.25. The predicted molar refractivity (Wildman–Crippen MR) is 193 cm³/mol. The second-order valence-electron chi connectivity index (χ2n) is 11.6. The first-order chi connectivity index (χ1) is 19.1. The molecule has 42 heavy (non-hydrogen) atoms. The number of fused-ring (bicyclic) bond motifs is 3. The number of benzene rings is 3. The third kappa shape index (κ3) is 15.4. The first-order valence-corrected chi connectivity index (χ1v) is 15.8. The maximum absolute atomic E-state index is 3.68. The maximum Gasteiger partial charge on any atom is -0.171 e. The van der Waals surface area contributed by atoms with E-state index in [-0.39, 0.29) is 35.6 Å². The van der Waals surface area contributed by atoms with Crippen molar-refractivity contribution < 1.29 is 24.2 Å². The molecule has 0 aromatic heterocycles. The predicted octanol–water partition coefficient (Wildman–Crippen LogP) is 12.2. The fraction of sp³-hybridized carbons (Fsp3) is 0.282. The van der Waals surface area contributed by atoms with Gasteiger partial charge in [0.1, 0.15) is 0 Å². The van der Waals surface area contributed by atoms with Gasteiger partial charge in [-0.3, -0.25) is 0 Å². The molecule has 0 aliphatic heterocycles. The fourth-order valence-electron chi connectivity index (χ4n) is 3.91. The van der Waals surface area contributed by atoms with Crippen molar-refractivity contribution in [3.8, 4) is 0 Å². The van der Waals surface area contributed by atoms with Gasteiger partial charge in [0.2, 0.25) is 0 Å². The number of hydrogen-bond acceptors (Lipinski definition) is 0. The van der Waals surface area contributed by atoms with Gasteiger partial charge in [-0.1, -0.05) is 89.4 Å². The largest absolute Gasteiger partial charge is 0.214 e. The van der Waals surface area contributed by atoms with Gasteiger partial charge in [0.15, 0.2) is 0 Å². The van der Waals surface area contributed by atoms with Crippen molar-refractivity contribution in [2.24, 2.45) is 0 Å². The van der Waals surface area contributed by atoms with E-state index in [1.54, 1.807) is 0 Å². The van der Waals surface area contributed by atoms with Crippen molar-refractivity contribution in [3.63, 3.8) is 0 Å². The molecule has 0 saturated heterocycles. The van der Waals surface area contributed by atoms with Crippen LogP contribution in [0, 0.1) is 13.0 Å². The van der Waals surface area contributed by atoms with E-state index in [1.807, 2.05) is 66.7 Å². The Morgan fingerprint density at radius 2 is 1.21 bits per heavy atom. The number of rotatable bonds is 3. The van der Waals surface area contributed by atoms with Gasteiger partial charge in [0.25, 0.3) is 0 Å². The van der Waals surface area contributed by atoms with Crippen molar-refractivity contribution in [1.29, 1.82) is 0 Å². The molecule has 5 rings (SSSR count). The van der Waals surface area contributed by atoms with Gasteiger partial charge in [-0.15, -0.1) is 71.1 Å². The molecule has 0 saturated carbocycles. The van der Waals surface area contributed by atoms with Crippen molar-refractivity contribution in [1.82, 2.24) is 0 Å². The molecule has 0 amide bonds. The van der Waals surface area contributed by atoms with Gasteiger partial charge >= 0.3 is 28.4 Å². The zero-order valence-electron chi connectivity index (χ0n) is 26.5. The maximum atomic E-state index is 3.68. The molecule has 5 aromatic carbocycles. The Labute approximate surface area is 284 Å². The van der Waals surface area contributed by atoms with Crippen LogP contribution in [0.2, 0.25) is 0 Å². The molecule has 0 unspecified atom stereocenters. The summed E-state index contributed by atoms with van der Waals surface area (Å²) in [5.41, 5.74) is 3.21. The zero-order valence-corrected chi connectivity index (χ0v) is 30.5. The smallest absolute Gasteiger partial charge is 0.171 e. The number of halogens is 2. The van der Waals surface area contributed by atoms with E-state index in [9.17, 15) is 0 Å². The van der Waals surface area contributed by atoms with Gasteiger partial charge in [-0.05, 0) is 17.3 Å². The quantitative estimate of drug-likeness (QED) is 0.101. The molecule has 0 nitrogen and oxygen atoms in total. The number of hydrogen-bond donors (Lipinski definition) is 0. The molecule has 0 atom stereocenters. The van der Waals surface area contributed by atoms with E-state index in [4.69, 9.17) is 0 Å². The van der Waals surface area contributed by atoms with Gasteiger partial charge in [-0.25, -0.2) is 12.1 Å². The van der Waals surface area contributed by atoms with Crippen LogP contribution in [0.15, 0.2) is 116 Å². The standard InChI is InChI=1S/C21H25.C6H5.C6H11.C5H5.CH2.2ClH.Zr/c1-20(2,3)16-7-9-18-14(12-16)11-15-13-17(21(4,5)6)8-10-19(15)18;1-2-4-6-5-3-1;1-3-5-6-4-2;1-2-4-5-3-1;;;;/h7-13H,1-6H3;1-5H;3H,1-2,4-6H2;1-5H;1H2;2*1H;/q4*-1;;;;. The summed E-state index contributed by atoms with van der Waals surface area (Å²) < 4.78 is 3.34. The monoisotopic (exact) mass is 678 g/mol. The van der Waals surface area contributed by atoms with Crippen molar-refractivity contribution in [2.45, 2.75) is 71.6 Å². The van der Waals surface area contributed by atoms with Crippen molar-refractivity contribution in [3.05, 3.63) is 140 Å². The third-order valence-electron chi connectivity index (χ3n) is 6.26. The van der Waals surface area contributed by atoms with E-state index in [0.29, 0.717) is 0 Å². The molecule has 0 spiro atoms. The first-order valence-electron chi connectivity index (χ1n) is 14.1. The molecular weight excluding hydrogens is 631 g/mol. The second-order valence-corrected chi connectivity index (χ2v) is 11.6. The molecule has 3 heteroatoms. The fourth-order valence-corrected chi connectivity index (χ4v) is 3.91. The minimum absolute atomic E-state index is 0. The second kappa shape index (κ2) is 22.5. The molecule has 0 radical (unpaired) electrons. The van der Waals surface area contributed by atoms with Crippen LogP contribution in [-0.4, -0.2) is 4.21 Å². The molecule has 5 aromatic rings. The normalized spacial score (nSPS) is 9.95. The Morgan fingerprint density at radius 3 is 1.45 bits per heavy atom. The van der Waals surface area contributed by atoms with E-state index in [1.165, 1.54) is 63.3 Å². The third-order valence-corrected chi connectivity index (χ3v) is 6.26. The number of unbranched alkanes of at least 4 members (excludes halogenated alkanes) is 2. The Kier molecular flexibility index (Phi) is 22.5. The van der Waals surface area contributed by atoms with E-state index in [2.05, 4.69) is 108 Å². The van der Waals surface area contributed by atoms with Gasteiger partial charge in [-0.2, -0.15) is 61.0 Å².